The maximum absolute atomic E-state index is 12.5. The summed E-state index contributed by atoms with van der Waals surface area (Å²) in [4.78, 5) is 33.6. The number of aromatic nitrogens is 2. The number of aryl methyl sites for hydroxylation is 1. The lowest BCUT2D eigenvalue weighted by Gasteiger charge is -2.24. The van der Waals surface area contributed by atoms with Gasteiger partial charge in [-0.05, 0) is 50.3 Å². The predicted molar refractivity (Wildman–Crippen MR) is 118 cm³/mol. The molecule has 1 unspecified atom stereocenters. The van der Waals surface area contributed by atoms with Crippen molar-refractivity contribution < 1.29 is 14.3 Å². The molecule has 1 aromatic carbocycles. The third kappa shape index (κ3) is 4.82. The summed E-state index contributed by atoms with van der Waals surface area (Å²) in [5, 5.41) is 10.0. The van der Waals surface area contributed by atoms with Gasteiger partial charge in [-0.25, -0.2) is 9.79 Å². The smallest absolute Gasteiger partial charge is 0.320 e. The van der Waals surface area contributed by atoms with Crippen molar-refractivity contribution in [1.82, 2.24) is 15.1 Å². The van der Waals surface area contributed by atoms with E-state index in [0.29, 0.717) is 24.5 Å². The molecule has 31 heavy (non-hydrogen) atoms. The fraction of sp³-hybridized carbons (Fsp3) is 0.409. The van der Waals surface area contributed by atoms with Crippen LogP contribution in [-0.4, -0.2) is 47.0 Å². The molecule has 2 N–H and O–H groups in total. The monoisotopic (exact) mass is 422 g/mol. The first-order chi connectivity index (χ1) is 15.0. The van der Waals surface area contributed by atoms with E-state index in [1.807, 2.05) is 31.2 Å². The van der Waals surface area contributed by atoms with E-state index < -0.39 is 0 Å². The van der Waals surface area contributed by atoms with Gasteiger partial charge in [-0.3, -0.25) is 10.1 Å². The summed E-state index contributed by atoms with van der Waals surface area (Å²) in [5.41, 5.74) is 2.65. The number of methoxy groups -OCH3 is 1. The molecule has 0 spiro atoms. The lowest BCUT2D eigenvalue weighted by atomic mass is 9.86. The topological polar surface area (TPSA) is 110 Å². The highest BCUT2D eigenvalue weighted by molar-refractivity contribution is 6.16. The molecule has 162 valence electrons. The van der Waals surface area contributed by atoms with Crippen molar-refractivity contribution in [2.24, 2.45) is 15.9 Å². The van der Waals surface area contributed by atoms with Gasteiger partial charge in [-0.2, -0.15) is 14.8 Å². The molecule has 9 nitrogen and oxygen atoms in total. The van der Waals surface area contributed by atoms with Crippen LogP contribution in [0.5, 0.6) is 5.75 Å². The molecular weight excluding hydrogens is 396 g/mol. The van der Waals surface area contributed by atoms with Crippen LogP contribution < -0.4 is 15.4 Å². The molecule has 2 heterocycles. The fourth-order valence-corrected chi connectivity index (χ4v) is 3.83. The standard InChI is InChI=1S/C22H26N6O3/c1-14-13-19(25-22(30)23-12-11-15-7-9-16(31-2)10-8-15)28(27-14)21-24-18-6-4-3-5-17(18)20(29)26-21/h7-10,13,17H,3-6,11-12H2,1-2H3,(H2,23,25,30). The molecule has 0 radical (unpaired) electrons. The van der Waals surface area contributed by atoms with Crippen LogP contribution in [0.1, 0.15) is 36.9 Å². The normalized spacial score (nSPS) is 18.0. The predicted octanol–water partition coefficient (Wildman–Crippen LogP) is 2.94. The fourth-order valence-electron chi connectivity index (χ4n) is 3.83. The van der Waals surface area contributed by atoms with Gasteiger partial charge in [0.2, 0.25) is 0 Å². The zero-order valence-electron chi connectivity index (χ0n) is 17.7. The van der Waals surface area contributed by atoms with E-state index in [1.54, 1.807) is 13.2 Å². The molecule has 1 aliphatic heterocycles. The Balaban J connectivity index is 1.39. The Morgan fingerprint density at radius 2 is 2.03 bits per heavy atom. The summed E-state index contributed by atoms with van der Waals surface area (Å²) in [6.45, 7) is 2.28. The average Bonchev–Trinajstić information content (AvgIpc) is 3.14. The van der Waals surface area contributed by atoms with E-state index in [0.717, 1.165) is 42.7 Å². The number of carbonyl (C=O) groups is 2. The van der Waals surface area contributed by atoms with Crippen LogP contribution in [0.2, 0.25) is 0 Å². The van der Waals surface area contributed by atoms with E-state index in [9.17, 15) is 9.59 Å². The number of rotatable bonds is 5. The Hall–Kier alpha value is -3.49. The highest BCUT2D eigenvalue weighted by atomic mass is 16.5. The van der Waals surface area contributed by atoms with Gasteiger partial charge in [0.25, 0.3) is 11.9 Å². The third-order valence-corrected chi connectivity index (χ3v) is 5.45. The van der Waals surface area contributed by atoms with Gasteiger partial charge in [0.15, 0.2) is 0 Å². The molecule has 1 saturated carbocycles. The van der Waals surface area contributed by atoms with Crippen molar-refractivity contribution in [3.8, 4) is 5.75 Å². The Kier molecular flexibility index (Phi) is 6.11. The minimum atomic E-state index is -0.361. The zero-order chi connectivity index (χ0) is 21.8. The number of fused-ring (bicyclic) bond motifs is 1. The summed E-state index contributed by atoms with van der Waals surface area (Å²) < 4.78 is 6.57. The molecule has 1 aromatic heterocycles. The van der Waals surface area contributed by atoms with Crippen LogP contribution in [0, 0.1) is 12.8 Å². The second-order valence-electron chi connectivity index (χ2n) is 7.71. The van der Waals surface area contributed by atoms with E-state index in [2.05, 4.69) is 25.7 Å². The maximum Gasteiger partial charge on any atom is 0.320 e. The van der Waals surface area contributed by atoms with Crippen molar-refractivity contribution in [1.29, 1.82) is 0 Å². The Morgan fingerprint density at radius 3 is 2.81 bits per heavy atom. The van der Waals surface area contributed by atoms with Gasteiger partial charge in [0.05, 0.1) is 18.7 Å². The largest absolute Gasteiger partial charge is 0.497 e. The molecule has 2 aliphatic rings. The Labute approximate surface area is 180 Å². The second-order valence-corrected chi connectivity index (χ2v) is 7.71. The van der Waals surface area contributed by atoms with Crippen molar-refractivity contribution >= 4 is 29.4 Å². The summed E-state index contributed by atoms with van der Waals surface area (Å²) in [5.74, 6) is 1.05. The molecule has 9 heteroatoms. The number of urea groups is 1. The number of hydrogen-bond donors (Lipinski definition) is 2. The number of carbonyl (C=O) groups excluding carboxylic acids is 2. The number of aliphatic imine (C=N–C) groups is 2. The molecule has 0 saturated heterocycles. The number of amides is 3. The molecule has 1 aliphatic carbocycles. The van der Waals surface area contributed by atoms with Crippen molar-refractivity contribution in [2.75, 3.05) is 19.0 Å². The molecule has 1 fully saturated rings. The van der Waals surface area contributed by atoms with Crippen molar-refractivity contribution in [3.63, 3.8) is 0 Å². The lowest BCUT2D eigenvalue weighted by molar-refractivity contribution is -0.120. The van der Waals surface area contributed by atoms with Gasteiger partial charge in [-0.15, -0.1) is 0 Å². The van der Waals surface area contributed by atoms with Gasteiger partial charge >= 0.3 is 6.03 Å². The van der Waals surface area contributed by atoms with Crippen LogP contribution in [-0.2, 0) is 11.2 Å². The van der Waals surface area contributed by atoms with E-state index in [4.69, 9.17) is 4.74 Å². The summed E-state index contributed by atoms with van der Waals surface area (Å²) in [6.07, 6.45) is 4.32. The maximum atomic E-state index is 12.5. The van der Waals surface area contributed by atoms with Crippen LogP contribution in [0.25, 0.3) is 0 Å². The number of nitrogens with zero attached hydrogens (tertiary/aromatic N) is 4. The number of benzene rings is 1. The van der Waals surface area contributed by atoms with E-state index in [1.165, 1.54) is 4.68 Å². The van der Waals surface area contributed by atoms with Crippen LogP contribution in [0.4, 0.5) is 10.6 Å². The molecule has 1 atom stereocenters. The Morgan fingerprint density at radius 1 is 1.23 bits per heavy atom. The summed E-state index contributed by atoms with van der Waals surface area (Å²) >= 11 is 0. The van der Waals surface area contributed by atoms with Crippen molar-refractivity contribution in [3.05, 3.63) is 41.6 Å². The first-order valence-electron chi connectivity index (χ1n) is 10.5. The molecule has 3 amide bonds. The molecular formula is C22H26N6O3. The summed E-state index contributed by atoms with van der Waals surface area (Å²) in [6, 6.07) is 9.08. The van der Waals surface area contributed by atoms with Gasteiger partial charge in [-0.1, -0.05) is 18.6 Å². The highest BCUT2D eigenvalue weighted by Gasteiger charge is 2.32. The van der Waals surface area contributed by atoms with Crippen LogP contribution in [0.15, 0.2) is 40.3 Å². The molecule has 4 rings (SSSR count). The van der Waals surface area contributed by atoms with Crippen LogP contribution in [0.3, 0.4) is 0 Å². The minimum Gasteiger partial charge on any atom is -0.497 e. The van der Waals surface area contributed by atoms with Gasteiger partial charge < -0.3 is 10.1 Å². The first kappa shape index (κ1) is 20.8. The SMILES string of the molecule is COc1ccc(CCNC(=O)Nc2cc(C)nn2C2=NC(=O)C3CCCCC3=N2)cc1. The lowest BCUT2D eigenvalue weighted by Crippen LogP contribution is -2.35. The second kappa shape index (κ2) is 9.11. The molecule has 0 bridgehead atoms. The first-order valence-corrected chi connectivity index (χ1v) is 10.5. The van der Waals surface area contributed by atoms with E-state index >= 15 is 0 Å². The number of ether oxygens (including phenoxy) is 1. The quantitative estimate of drug-likeness (QED) is 0.772. The minimum absolute atomic E-state index is 0.178. The third-order valence-electron chi connectivity index (χ3n) is 5.45. The van der Waals surface area contributed by atoms with Gasteiger partial charge in [0, 0.05) is 18.3 Å². The highest BCUT2D eigenvalue weighted by Crippen LogP contribution is 2.26. The number of hydrogen-bond acceptors (Lipinski definition) is 5. The van der Waals surface area contributed by atoms with Crippen LogP contribution >= 0.6 is 0 Å². The zero-order valence-corrected chi connectivity index (χ0v) is 17.7. The van der Waals surface area contributed by atoms with E-state index in [-0.39, 0.29) is 23.8 Å². The number of anilines is 1. The van der Waals surface area contributed by atoms with Gasteiger partial charge in [0.1, 0.15) is 11.6 Å². The van der Waals surface area contributed by atoms with Crippen molar-refractivity contribution in [2.45, 2.75) is 39.0 Å². The average molecular weight is 422 g/mol. The number of nitrogens with one attached hydrogen (secondary N) is 2. The molecule has 2 aromatic rings. The summed E-state index contributed by atoms with van der Waals surface area (Å²) in [7, 11) is 1.63. The Bertz CT molecular complexity index is 1040.